The van der Waals surface area contributed by atoms with Crippen LogP contribution in [0, 0.1) is 0 Å². The molecule has 0 aliphatic carbocycles. The van der Waals surface area contributed by atoms with Crippen molar-refractivity contribution in [2.24, 2.45) is 4.99 Å². The van der Waals surface area contributed by atoms with Crippen LogP contribution in [0.25, 0.3) is 0 Å². The van der Waals surface area contributed by atoms with Crippen LogP contribution in [-0.4, -0.2) is 41.8 Å². The van der Waals surface area contributed by atoms with Crippen molar-refractivity contribution < 1.29 is 32.5 Å². The van der Waals surface area contributed by atoms with Crippen molar-refractivity contribution in [3.05, 3.63) is 24.3 Å². The van der Waals surface area contributed by atoms with Crippen molar-refractivity contribution in [1.29, 1.82) is 0 Å². The molecule has 1 aromatic carbocycles. The molecule has 1 rings (SSSR count). The van der Waals surface area contributed by atoms with Gasteiger partial charge in [0.05, 0.1) is 12.8 Å². The number of carbonyl (C=O) groups is 1. The maximum absolute atomic E-state index is 13.1. The fourth-order valence-electron chi connectivity index (χ4n) is 1.54. The number of esters is 1. The van der Waals surface area contributed by atoms with Crippen LogP contribution in [0.3, 0.4) is 0 Å². The van der Waals surface area contributed by atoms with Crippen LogP contribution in [0.1, 0.15) is 20.8 Å². The minimum absolute atomic E-state index is 0.0827. The molecule has 1 atom stereocenters. The first-order valence-corrected chi connectivity index (χ1v) is 6.65. The summed E-state index contributed by atoms with van der Waals surface area (Å²) in [7, 11) is 1.41. The summed E-state index contributed by atoms with van der Waals surface area (Å²) in [4.78, 5) is 15.0. The molecule has 0 aromatic heterocycles. The highest BCUT2D eigenvalue weighted by molar-refractivity contribution is 6.08. The summed E-state index contributed by atoms with van der Waals surface area (Å²) in [6, 6.07) is 5.36. The van der Waals surface area contributed by atoms with Gasteiger partial charge in [-0.2, -0.15) is 13.2 Å². The first kappa shape index (κ1) is 19.0. The summed E-state index contributed by atoms with van der Waals surface area (Å²) >= 11 is 0. The van der Waals surface area contributed by atoms with Gasteiger partial charge in [-0.15, -0.1) is 0 Å². The number of rotatable bonds is 4. The second-order valence-corrected chi connectivity index (χ2v) is 5.63. The molecule has 0 aliphatic heterocycles. The van der Waals surface area contributed by atoms with E-state index in [9.17, 15) is 23.1 Å². The lowest BCUT2D eigenvalue weighted by molar-refractivity contribution is -0.163. The quantitative estimate of drug-likeness (QED) is 0.679. The van der Waals surface area contributed by atoms with E-state index in [0.29, 0.717) is 5.75 Å². The Hall–Kier alpha value is -2.09. The molecule has 0 bridgehead atoms. The number of carbonyl (C=O) groups excluding carboxylic acids is 1. The summed E-state index contributed by atoms with van der Waals surface area (Å²) in [5.41, 5.74) is -2.76. The van der Waals surface area contributed by atoms with Crippen molar-refractivity contribution in [1.82, 2.24) is 0 Å². The number of ether oxygens (including phenoxy) is 2. The average Bonchev–Trinajstić information content (AvgIpc) is 2.41. The fourth-order valence-corrected chi connectivity index (χ4v) is 1.54. The van der Waals surface area contributed by atoms with Crippen molar-refractivity contribution in [2.75, 3.05) is 7.11 Å². The van der Waals surface area contributed by atoms with E-state index < -0.39 is 29.6 Å². The van der Waals surface area contributed by atoms with Crippen LogP contribution in [-0.2, 0) is 9.53 Å². The Kier molecular flexibility index (Phi) is 5.76. The second-order valence-electron chi connectivity index (χ2n) is 5.63. The average molecular weight is 333 g/mol. The Morgan fingerprint density at radius 1 is 1.17 bits per heavy atom. The number of aliphatic imine (C=N–C) groups is 1. The molecule has 1 unspecified atom stereocenters. The molecule has 5 nitrogen and oxygen atoms in total. The first-order valence-electron chi connectivity index (χ1n) is 6.65. The Morgan fingerprint density at radius 2 is 1.70 bits per heavy atom. The van der Waals surface area contributed by atoms with Gasteiger partial charge in [0.15, 0.2) is 11.8 Å². The first-order chi connectivity index (χ1) is 10.4. The smallest absolute Gasteiger partial charge is 0.432 e. The van der Waals surface area contributed by atoms with E-state index >= 15 is 0 Å². The fraction of sp³-hybridized carbons (Fsp3) is 0.467. The second kappa shape index (κ2) is 6.99. The number of aliphatic hydroxyl groups excluding tert-OH is 1. The number of hydrogen-bond acceptors (Lipinski definition) is 5. The van der Waals surface area contributed by atoms with Crippen LogP contribution < -0.4 is 4.74 Å². The number of methoxy groups -OCH3 is 1. The van der Waals surface area contributed by atoms with Gasteiger partial charge in [-0.1, -0.05) is 0 Å². The standard InChI is InChI=1S/C15H18F3NO4/c1-14(2,3)23-13(21)11(20)12(15(16,17)18)19-9-5-7-10(22-4)8-6-9/h5-8,11,20H,1-4H3. The normalized spacial score (nSPS) is 14.3. The molecule has 128 valence electrons. The van der Waals surface area contributed by atoms with Gasteiger partial charge in [0.2, 0.25) is 0 Å². The number of aliphatic hydroxyl groups is 1. The molecule has 8 heteroatoms. The SMILES string of the molecule is COc1ccc(N=C(C(O)C(=O)OC(C)(C)C)C(F)(F)F)cc1. The highest BCUT2D eigenvalue weighted by Gasteiger charge is 2.44. The van der Waals surface area contributed by atoms with Gasteiger partial charge in [0.1, 0.15) is 11.4 Å². The zero-order valence-electron chi connectivity index (χ0n) is 13.1. The van der Waals surface area contributed by atoms with E-state index in [2.05, 4.69) is 4.99 Å². The third-order valence-electron chi connectivity index (χ3n) is 2.50. The van der Waals surface area contributed by atoms with Gasteiger partial charge < -0.3 is 14.6 Å². The third-order valence-corrected chi connectivity index (χ3v) is 2.50. The third kappa shape index (κ3) is 5.90. The van der Waals surface area contributed by atoms with Gasteiger partial charge in [0.25, 0.3) is 0 Å². The largest absolute Gasteiger partial charge is 0.497 e. The lowest BCUT2D eigenvalue weighted by atomic mass is 10.1. The van der Waals surface area contributed by atoms with Crippen LogP contribution in [0.5, 0.6) is 5.75 Å². The zero-order chi connectivity index (χ0) is 17.8. The molecule has 0 amide bonds. The number of halogens is 3. The molecular weight excluding hydrogens is 315 g/mol. The number of hydrogen-bond donors (Lipinski definition) is 1. The van der Waals surface area contributed by atoms with Crippen LogP contribution in [0.2, 0.25) is 0 Å². The summed E-state index contributed by atoms with van der Waals surface area (Å²) in [5.74, 6) is -0.979. The van der Waals surface area contributed by atoms with Crippen molar-refractivity contribution in [2.45, 2.75) is 38.7 Å². The van der Waals surface area contributed by atoms with Crippen molar-refractivity contribution in [3.63, 3.8) is 0 Å². The predicted molar refractivity (Wildman–Crippen MR) is 78.0 cm³/mol. The molecule has 0 saturated heterocycles. The van der Waals surface area contributed by atoms with E-state index in [-0.39, 0.29) is 5.69 Å². The highest BCUT2D eigenvalue weighted by Crippen LogP contribution is 2.26. The minimum atomic E-state index is -4.99. The van der Waals surface area contributed by atoms with Gasteiger partial charge in [0, 0.05) is 0 Å². The van der Waals surface area contributed by atoms with Crippen LogP contribution in [0.4, 0.5) is 18.9 Å². The minimum Gasteiger partial charge on any atom is -0.497 e. The number of nitrogens with zero attached hydrogens (tertiary/aromatic N) is 1. The molecule has 0 spiro atoms. The van der Waals surface area contributed by atoms with E-state index in [4.69, 9.17) is 9.47 Å². The molecule has 23 heavy (non-hydrogen) atoms. The topological polar surface area (TPSA) is 68.1 Å². The van der Waals surface area contributed by atoms with E-state index in [0.717, 1.165) is 0 Å². The molecular formula is C15H18F3NO4. The van der Waals surface area contributed by atoms with Crippen LogP contribution in [0.15, 0.2) is 29.3 Å². The van der Waals surface area contributed by atoms with Gasteiger partial charge in [-0.05, 0) is 45.0 Å². The van der Waals surface area contributed by atoms with Gasteiger partial charge in [-0.25, -0.2) is 9.79 Å². The molecule has 0 fully saturated rings. The van der Waals surface area contributed by atoms with Gasteiger partial charge in [-0.3, -0.25) is 0 Å². The maximum Gasteiger partial charge on any atom is 0.432 e. The molecule has 1 aromatic rings. The van der Waals surface area contributed by atoms with Crippen molar-refractivity contribution in [3.8, 4) is 5.75 Å². The molecule has 0 radical (unpaired) electrons. The van der Waals surface area contributed by atoms with E-state index in [1.165, 1.54) is 52.1 Å². The highest BCUT2D eigenvalue weighted by atomic mass is 19.4. The lowest BCUT2D eigenvalue weighted by Crippen LogP contribution is -2.43. The van der Waals surface area contributed by atoms with E-state index in [1.54, 1.807) is 0 Å². The van der Waals surface area contributed by atoms with Crippen molar-refractivity contribution >= 4 is 17.4 Å². The monoisotopic (exact) mass is 333 g/mol. The molecule has 0 heterocycles. The molecule has 0 saturated carbocycles. The summed E-state index contributed by atoms with van der Waals surface area (Å²) in [6.07, 6.45) is -7.52. The summed E-state index contributed by atoms with van der Waals surface area (Å²) in [6.45, 7) is 4.43. The lowest BCUT2D eigenvalue weighted by Gasteiger charge is -2.23. The Labute approximate surface area is 131 Å². The van der Waals surface area contributed by atoms with E-state index in [1.807, 2.05) is 0 Å². The maximum atomic E-state index is 13.1. The Morgan fingerprint density at radius 3 is 2.09 bits per heavy atom. The predicted octanol–water partition coefficient (Wildman–Crippen LogP) is 3.03. The summed E-state index contributed by atoms with van der Waals surface area (Å²) < 4.78 is 48.9. The zero-order valence-corrected chi connectivity index (χ0v) is 13.1. The Balaban J connectivity index is 3.13. The molecule has 0 aliphatic rings. The summed E-state index contributed by atoms with van der Waals surface area (Å²) in [5, 5.41) is 9.69. The number of alkyl halides is 3. The Bertz CT molecular complexity index is 574. The van der Waals surface area contributed by atoms with Crippen LogP contribution >= 0.6 is 0 Å². The number of benzene rings is 1. The van der Waals surface area contributed by atoms with Gasteiger partial charge >= 0.3 is 12.1 Å². The molecule has 1 N–H and O–H groups in total.